The molecule has 5 heteroatoms. The molecule has 0 bridgehead atoms. The SMILES string of the molecule is Cc1ccc(C(N)=S)c(=O)n1CCCOc1ccccc1. The first kappa shape index (κ1) is 15.3. The maximum atomic E-state index is 12.3. The van der Waals surface area contributed by atoms with Gasteiger partial charge in [0.15, 0.2) is 0 Å². The molecule has 21 heavy (non-hydrogen) atoms. The molecule has 2 N–H and O–H groups in total. The standard InChI is InChI=1S/C16H18N2O2S/c1-12-8-9-14(15(17)21)16(19)18(12)10-5-11-20-13-6-3-2-4-7-13/h2-4,6-9H,5,10-11H2,1H3,(H2,17,21). The fourth-order valence-corrected chi connectivity index (χ4v) is 2.22. The fourth-order valence-electron chi connectivity index (χ4n) is 2.07. The Hall–Kier alpha value is -2.14. The van der Waals surface area contributed by atoms with Crippen molar-refractivity contribution in [3.05, 3.63) is 64.1 Å². The van der Waals surface area contributed by atoms with Crippen molar-refractivity contribution in [2.45, 2.75) is 19.9 Å². The lowest BCUT2D eigenvalue weighted by Crippen LogP contribution is -2.30. The summed E-state index contributed by atoms with van der Waals surface area (Å²) in [5.74, 6) is 0.832. The highest BCUT2D eigenvalue weighted by Crippen LogP contribution is 2.08. The number of aryl methyl sites for hydroxylation is 1. The molecule has 1 aromatic heterocycles. The molecule has 0 fully saturated rings. The molecule has 0 atom stereocenters. The molecular formula is C16H18N2O2S. The van der Waals surface area contributed by atoms with Crippen molar-refractivity contribution in [1.29, 1.82) is 0 Å². The molecule has 0 unspecified atom stereocenters. The maximum absolute atomic E-state index is 12.3. The van der Waals surface area contributed by atoms with E-state index in [1.807, 2.05) is 43.3 Å². The van der Waals surface area contributed by atoms with E-state index in [0.29, 0.717) is 18.7 Å². The van der Waals surface area contributed by atoms with Crippen LogP contribution in [-0.4, -0.2) is 16.2 Å². The third-order valence-corrected chi connectivity index (χ3v) is 3.42. The van der Waals surface area contributed by atoms with E-state index in [-0.39, 0.29) is 10.5 Å². The summed E-state index contributed by atoms with van der Waals surface area (Å²) < 4.78 is 7.30. The second-order valence-corrected chi connectivity index (χ2v) is 5.16. The molecule has 0 aliphatic carbocycles. The lowest BCUT2D eigenvalue weighted by Gasteiger charge is -2.12. The third-order valence-electron chi connectivity index (χ3n) is 3.20. The predicted octanol–water partition coefficient (Wildman–Crippen LogP) is 2.26. The lowest BCUT2D eigenvalue weighted by atomic mass is 10.2. The topological polar surface area (TPSA) is 57.2 Å². The predicted molar refractivity (Wildman–Crippen MR) is 87.9 cm³/mol. The van der Waals surface area contributed by atoms with Crippen LogP contribution in [0, 0.1) is 6.92 Å². The summed E-state index contributed by atoms with van der Waals surface area (Å²) in [6, 6.07) is 13.1. The van der Waals surface area contributed by atoms with Crippen LogP contribution in [0.1, 0.15) is 17.7 Å². The van der Waals surface area contributed by atoms with Gasteiger partial charge in [-0.15, -0.1) is 0 Å². The van der Waals surface area contributed by atoms with Crippen molar-refractivity contribution < 1.29 is 4.74 Å². The Morgan fingerprint density at radius 3 is 2.62 bits per heavy atom. The van der Waals surface area contributed by atoms with E-state index in [1.54, 1.807) is 10.6 Å². The number of pyridine rings is 1. The number of hydrogen-bond donors (Lipinski definition) is 1. The van der Waals surface area contributed by atoms with Crippen LogP contribution in [0.2, 0.25) is 0 Å². The van der Waals surface area contributed by atoms with Gasteiger partial charge in [-0.2, -0.15) is 0 Å². The lowest BCUT2D eigenvalue weighted by molar-refractivity contribution is 0.300. The Morgan fingerprint density at radius 1 is 1.24 bits per heavy atom. The number of thiocarbonyl (C=S) groups is 1. The van der Waals surface area contributed by atoms with E-state index in [1.165, 1.54) is 0 Å². The van der Waals surface area contributed by atoms with Crippen LogP contribution in [-0.2, 0) is 6.54 Å². The van der Waals surface area contributed by atoms with E-state index >= 15 is 0 Å². The van der Waals surface area contributed by atoms with Gasteiger partial charge in [0.05, 0.1) is 12.2 Å². The van der Waals surface area contributed by atoms with Crippen LogP contribution in [0.4, 0.5) is 0 Å². The summed E-state index contributed by atoms with van der Waals surface area (Å²) in [7, 11) is 0. The highest BCUT2D eigenvalue weighted by atomic mass is 32.1. The van der Waals surface area contributed by atoms with Crippen LogP contribution in [0.3, 0.4) is 0 Å². The average molecular weight is 302 g/mol. The minimum Gasteiger partial charge on any atom is -0.494 e. The van der Waals surface area contributed by atoms with Crippen LogP contribution in [0.5, 0.6) is 5.75 Å². The van der Waals surface area contributed by atoms with Crippen LogP contribution >= 0.6 is 12.2 Å². The first-order valence-corrected chi connectivity index (χ1v) is 7.18. The maximum Gasteiger partial charge on any atom is 0.260 e. The Kier molecular flexibility index (Phi) is 5.11. The molecule has 0 radical (unpaired) electrons. The summed E-state index contributed by atoms with van der Waals surface area (Å²) in [5.41, 5.74) is 6.70. The van der Waals surface area contributed by atoms with Gasteiger partial charge >= 0.3 is 0 Å². The monoisotopic (exact) mass is 302 g/mol. The number of nitrogens with two attached hydrogens (primary N) is 1. The molecule has 4 nitrogen and oxygen atoms in total. The van der Waals surface area contributed by atoms with Crippen molar-refractivity contribution in [1.82, 2.24) is 4.57 Å². The van der Waals surface area contributed by atoms with E-state index in [4.69, 9.17) is 22.7 Å². The number of aromatic nitrogens is 1. The number of ether oxygens (including phenoxy) is 1. The van der Waals surface area contributed by atoms with Gasteiger partial charge in [0.2, 0.25) is 0 Å². The van der Waals surface area contributed by atoms with E-state index < -0.39 is 0 Å². The zero-order chi connectivity index (χ0) is 15.2. The molecule has 0 saturated carbocycles. The van der Waals surface area contributed by atoms with Gasteiger partial charge in [0, 0.05) is 12.2 Å². The largest absolute Gasteiger partial charge is 0.494 e. The number of rotatable bonds is 6. The molecule has 0 aliphatic heterocycles. The van der Waals surface area contributed by atoms with Gasteiger partial charge in [-0.3, -0.25) is 4.79 Å². The molecule has 110 valence electrons. The normalized spacial score (nSPS) is 10.3. The van der Waals surface area contributed by atoms with Crippen molar-refractivity contribution in [3.63, 3.8) is 0 Å². The molecule has 0 amide bonds. The summed E-state index contributed by atoms with van der Waals surface area (Å²) >= 11 is 4.89. The zero-order valence-corrected chi connectivity index (χ0v) is 12.7. The second-order valence-electron chi connectivity index (χ2n) is 4.72. The van der Waals surface area contributed by atoms with Gasteiger partial charge in [-0.05, 0) is 37.6 Å². The van der Waals surface area contributed by atoms with Crippen molar-refractivity contribution in [3.8, 4) is 5.75 Å². The average Bonchev–Trinajstić information content (AvgIpc) is 2.47. The smallest absolute Gasteiger partial charge is 0.260 e. The highest BCUT2D eigenvalue weighted by molar-refractivity contribution is 7.80. The second kappa shape index (κ2) is 7.04. The summed E-state index contributed by atoms with van der Waals surface area (Å²) in [6.45, 7) is 3.02. The molecule has 1 heterocycles. The van der Waals surface area contributed by atoms with Crippen molar-refractivity contribution in [2.75, 3.05) is 6.61 Å². The van der Waals surface area contributed by atoms with Gasteiger partial charge < -0.3 is 15.0 Å². The summed E-state index contributed by atoms with van der Waals surface area (Å²) in [4.78, 5) is 12.4. The molecule has 0 aliphatic rings. The quantitative estimate of drug-likeness (QED) is 0.657. The molecule has 0 spiro atoms. The Balaban J connectivity index is 1.99. The summed E-state index contributed by atoms with van der Waals surface area (Å²) in [6.07, 6.45) is 0.733. The zero-order valence-electron chi connectivity index (χ0n) is 11.9. The Bertz CT molecular complexity index is 680. The van der Waals surface area contributed by atoms with Crippen LogP contribution in [0.25, 0.3) is 0 Å². The molecule has 2 aromatic rings. The number of para-hydroxylation sites is 1. The minimum atomic E-state index is -0.137. The molecule has 1 aromatic carbocycles. The van der Waals surface area contributed by atoms with E-state index in [9.17, 15) is 4.79 Å². The van der Waals surface area contributed by atoms with Crippen LogP contribution < -0.4 is 16.0 Å². The molecule has 0 saturated heterocycles. The van der Waals surface area contributed by atoms with E-state index in [0.717, 1.165) is 17.9 Å². The number of hydrogen-bond acceptors (Lipinski definition) is 3. The van der Waals surface area contributed by atoms with Crippen LogP contribution in [0.15, 0.2) is 47.3 Å². The first-order valence-electron chi connectivity index (χ1n) is 6.77. The first-order chi connectivity index (χ1) is 10.1. The Morgan fingerprint density at radius 2 is 1.95 bits per heavy atom. The molecular weight excluding hydrogens is 284 g/mol. The van der Waals surface area contributed by atoms with Crippen molar-refractivity contribution in [2.24, 2.45) is 5.73 Å². The minimum absolute atomic E-state index is 0.134. The van der Waals surface area contributed by atoms with E-state index in [2.05, 4.69) is 0 Å². The highest BCUT2D eigenvalue weighted by Gasteiger charge is 2.08. The number of nitrogens with zero attached hydrogens (tertiary/aromatic N) is 1. The van der Waals surface area contributed by atoms with Gasteiger partial charge in [-0.25, -0.2) is 0 Å². The van der Waals surface area contributed by atoms with Gasteiger partial charge in [-0.1, -0.05) is 30.4 Å². The van der Waals surface area contributed by atoms with Crippen molar-refractivity contribution >= 4 is 17.2 Å². The Labute approximate surface area is 129 Å². The fraction of sp³-hybridized carbons (Fsp3) is 0.250. The molecule has 2 rings (SSSR count). The number of benzene rings is 1. The summed E-state index contributed by atoms with van der Waals surface area (Å²) in [5, 5.41) is 0. The third kappa shape index (κ3) is 3.92. The van der Waals surface area contributed by atoms with Gasteiger partial charge in [0.1, 0.15) is 10.7 Å². The van der Waals surface area contributed by atoms with Gasteiger partial charge in [0.25, 0.3) is 5.56 Å².